The Labute approximate surface area is 103 Å². The molecule has 0 heterocycles. The van der Waals surface area contributed by atoms with E-state index in [9.17, 15) is 4.79 Å². The van der Waals surface area contributed by atoms with Gasteiger partial charge in [-0.15, -0.1) is 0 Å². The van der Waals surface area contributed by atoms with Crippen molar-refractivity contribution >= 4 is 22.0 Å². The first-order valence-corrected chi connectivity index (χ1v) is 5.65. The summed E-state index contributed by atoms with van der Waals surface area (Å²) >= 11 is 3.43. The lowest BCUT2D eigenvalue weighted by atomic mass is 10.1. The summed E-state index contributed by atoms with van der Waals surface area (Å²) in [7, 11) is 0. The number of urea groups is 1. The maximum Gasteiger partial charge on any atom is 0.315 e. The Morgan fingerprint density at radius 1 is 1.38 bits per heavy atom. The first-order valence-electron chi connectivity index (χ1n) is 4.86. The Balaban J connectivity index is 2.29. The molecule has 0 aromatic heterocycles. The molecule has 5 heteroatoms. The molecule has 0 bridgehead atoms. The minimum Gasteiger partial charge on any atom is -0.338 e. The van der Waals surface area contributed by atoms with E-state index in [1.54, 1.807) is 0 Å². The summed E-state index contributed by atoms with van der Waals surface area (Å²) in [4.78, 5) is 11.1. The molecule has 0 radical (unpaired) electrons. The van der Waals surface area contributed by atoms with Crippen LogP contribution in [0.3, 0.4) is 0 Å². The summed E-state index contributed by atoms with van der Waals surface area (Å²) < 4.78 is 1.04. The largest absolute Gasteiger partial charge is 0.338 e. The fourth-order valence-electron chi connectivity index (χ4n) is 1.19. The molecule has 84 valence electrons. The molecule has 4 nitrogen and oxygen atoms in total. The quantitative estimate of drug-likeness (QED) is 0.827. The summed E-state index contributed by atoms with van der Waals surface area (Å²) in [6, 6.07) is 9.39. The predicted molar refractivity (Wildman–Crippen MR) is 64.9 cm³/mol. The summed E-state index contributed by atoms with van der Waals surface area (Å²) in [6.07, 6.45) is 0.751. The Bertz CT molecular complexity index is 400. The topological polar surface area (TPSA) is 64.9 Å². The van der Waals surface area contributed by atoms with Gasteiger partial charge in [0.2, 0.25) is 0 Å². The summed E-state index contributed by atoms with van der Waals surface area (Å²) in [5, 5.41) is 13.3. The number of nitriles is 1. The van der Waals surface area contributed by atoms with E-state index in [4.69, 9.17) is 5.26 Å². The van der Waals surface area contributed by atoms with Crippen molar-refractivity contribution in [2.75, 3.05) is 13.1 Å². The number of carbonyl (C=O) groups excluding carboxylic acids is 1. The highest BCUT2D eigenvalue weighted by Crippen LogP contribution is 2.15. The van der Waals surface area contributed by atoms with Crippen LogP contribution in [0.5, 0.6) is 0 Å². The van der Waals surface area contributed by atoms with Crippen LogP contribution in [0.15, 0.2) is 28.7 Å². The zero-order valence-electron chi connectivity index (χ0n) is 8.66. The molecule has 0 fully saturated rings. The van der Waals surface area contributed by atoms with Gasteiger partial charge in [-0.2, -0.15) is 5.26 Å². The molecule has 1 aromatic rings. The lowest BCUT2D eigenvalue weighted by Crippen LogP contribution is -2.36. The number of nitrogens with zero attached hydrogens (tertiary/aromatic N) is 1. The van der Waals surface area contributed by atoms with E-state index in [-0.39, 0.29) is 12.6 Å². The standard InChI is InChI=1S/C11H12BrN3O/c12-10-4-2-1-3-9(10)5-7-14-11(16)15-8-6-13/h1-4H,5,7-8H2,(H2,14,15,16). The van der Waals surface area contributed by atoms with Crippen molar-refractivity contribution in [2.24, 2.45) is 0 Å². The molecule has 1 aromatic carbocycles. The molecule has 2 N–H and O–H groups in total. The number of hydrogen-bond acceptors (Lipinski definition) is 2. The molecule has 0 aliphatic rings. The molecule has 0 spiro atoms. The Morgan fingerprint density at radius 3 is 2.81 bits per heavy atom. The molecule has 1 rings (SSSR count). The minimum atomic E-state index is -0.311. The monoisotopic (exact) mass is 281 g/mol. The van der Waals surface area contributed by atoms with Crippen molar-refractivity contribution in [1.29, 1.82) is 5.26 Å². The highest BCUT2D eigenvalue weighted by atomic mass is 79.9. The van der Waals surface area contributed by atoms with Crippen molar-refractivity contribution in [3.8, 4) is 6.07 Å². The smallest absolute Gasteiger partial charge is 0.315 e. The van der Waals surface area contributed by atoms with Crippen LogP contribution < -0.4 is 10.6 Å². The van der Waals surface area contributed by atoms with Crippen molar-refractivity contribution in [1.82, 2.24) is 10.6 Å². The van der Waals surface area contributed by atoms with E-state index in [2.05, 4.69) is 26.6 Å². The van der Waals surface area contributed by atoms with Crippen LogP contribution in [0.4, 0.5) is 4.79 Å². The second kappa shape index (κ2) is 6.85. The Hall–Kier alpha value is -1.54. The van der Waals surface area contributed by atoms with Gasteiger partial charge >= 0.3 is 6.03 Å². The molecule has 2 amide bonds. The first-order chi connectivity index (χ1) is 7.74. The zero-order chi connectivity index (χ0) is 11.8. The summed E-state index contributed by atoms with van der Waals surface area (Å²) in [5.41, 5.74) is 1.14. The van der Waals surface area contributed by atoms with Gasteiger partial charge in [-0.1, -0.05) is 34.1 Å². The van der Waals surface area contributed by atoms with Gasteiger partial charge in [-0.3, -0.25) is 0 Å². The van der Waals surface area contributed by atoms with Crippen molar-refractivity contribution < 1.29 is 4.79 Å². The van der Waals surface area contributed by atoms with E-state index >= 15 is 0 Å². The van der Waals surface area contributed by atoms with Crippen molar-refractivity contribution in [3.05, 3.63) is 34.3 Å². The maximum absolute atomic E-state index is 11.1. The maximum atomic E-state index is 11.1. The highest BCUT2D eigenvalue weighted by Gasteiger charge is 2.00. The Kier molecular flexibility index (Phi) is 5.37. The molecular formula is C11H12BrN3O. The average molecular weight is 282 g/mol. The number of carbonyl (C=O) groups is 1. The molecule has 0 unspecified atom stereocenters. The lowest BCUT2D eigenvalue weighted by molar-refractivity contribution is 0.242. The Morgan fingerprint density at radius 2 is 2.12 bits per heavy atom. The van der Waals surface area contributed by atoms with Gasteiger partial charge in [0.05, 0.1) is 6.07 Å². The number of benzene rings is 1. The highest BCUT2D eigenvalue weighted by molar-refractivity contribution is 9.10. The summed E-state index contributed by atoms with van der Waals surface area (Å²) in [6.45, 7) is 0.570. The average Bonchev–Trinajstić information content (AvgIpc) is 2.29. The third-order valence-corrected chi connectivity index (χ3v) is 2.74. The van der Waals surface area contributed by atoms with Crippen LogP contribution in [0.1, 0.15) is 5.56 Å². The van der Waals surface area contributed by atoms with E-state index in [0.717, 1.165) is 16.5 Å². The van der Waals surface area contributed by atoms with Gasteiger partial charge < -0.3 is 10.6 Å². The predicted octanol–water partition coefficient (Wildman–Crippen LogP) is 1.81. The van der Waals surface area contributed by atoms with Gasteiger partial charge in [0.1, 0.15) is 6.54 Å². The number of amides is 2. The van der Waals surface area contributed by atoms with Gasteiger partial charge in [0.25, 0.3) is 0 Å². The zero-order valence-corrected chi connectivity index (χ0v) is 10.3. The van der Waals surface area contributed by atoms with Crippen LogP contribution in [0.25, 0.3) is 0 Å². The van der Waals surface area contributed by atoms with Gasteiger partial charge in [-0.25, -0.2) is 4.79 Å². The normalized spacial score (nSPS) is 9.25. The summed E-state index contributed by atoms with van der Waals surface area (Å²) in [5.74, 6) is 0. The number of halogens is 1. The van der Waals surface area contributed by atoms with Crippen LogP contribution in [-0.2, 0) is 6.42 Å². The van der Waals surface area contributed by atoms with E-state index in [1.807, 2.05) is 30.3 Å². The van der Waals surface area contributed by atoms with Crippen molar-refractivity contribution in [2.45, 2.75) is 6.42 Å². The van der Waals surface area contributed by atoms with E-state index in [0.29, 0.717) is 6.54 Å². The number of rotatable bonds is 4. The van der Waals surface area contributed by atoms with Gasteiger partial charge in [0, 0.05) is 11.0 Å². The second-order valence-electron chi connectivity index (χ2n) is 3.11. The molecular weight excluding hydrogens is 270 g/mol. The SMILES string of the molecule is N#CCNC(=O)NCCc1ccccc1Br. The first kappa shape index (κ1) is 12.5. The molecule has 0 saturated heterocycles. The number of nitrogens with one attached hydrogen (secondary N) is 2. The van der Waals surface area contributed by atoms with Crippen molar-refractivity contribution in [3.63, 3.8) is 0 Å². The second-order valence-corrected chi connectivity index (χ2v) is 3.96. The lowest BCUT2D eigenvalue weighted by Gasteiger charge is -2.06. The van der Waals surface area contributed by atoms with Gasteiger partial charge in [0.15, 0.2) is 0 Å². The van der Waals surface area contributed by atoms with Crippen LogP contribution >= 0.6 is 15.9 Å². The molecule has 0 saturated carbocycles. The van der Waals surface area contributed by atoms with E-state index in [1.165, 1.54) is 0 Å². The third kappa shape index (κ3) is 4.32. The number of hydrogen-bond donors (Lipinski definition) is 2. The molecule has 0 aliphatic heterocycles. The molecule has 0 aliphatic carbocycles. The van der Waals surface area contributed by atoms with Crippen LogP contribution in [0, 0.1) is 11.3 Å². The minimum absolute atomic E-state index is 0.0286. The third-order valence-electron chi connectivity index (χ3n) is 1.97. The molecule has 0 atom stereocenters. The molecule has 16 heavy (non-hydrogen) atoms. The fourth-order valence-corrected chi connectivity index (χ4v) is 1.68. The van der Waals surface area contributed by atoms with Crippen LogP contribution in [0.2, 0.25) is 0 Å². The van der Waals surface area contributed by atoms with Gasteiger partial charge in [-0.05, 0) is 18.1 Å². The van der Waals surface area contributed by atoms with E-state index < -0.39 is 0 Å². The fraction of sp³-hybridized carbons (Fsp3) is 0.273. The van der Waals surface area contributed by atoms with Crippen LogP contribution in [-0.4, -0.2) is 19.1 Å².